The highest BCUT2D eigenvalue weighted by atomic mass is 16.6. The molecule has 0 aliphatic carbocycles. The highest BCUT2D eigenvalue weighted by molar-refractivity contribution is 5.12. The first-order valence-corrected chi connectivity index (χ1v) is 4.94. The third-order valence-corrected chi connectivity index (χ3v) is 2.64. The topological polar surface area (TPSA) is 103 Å². The molecule has 6 heteroatoms. The van der Waals surface area contributed by atoms with Crippen LogP contribution in [0.3, 0.4) is 0 Å². The van der Waals surface area contributed by atoms with E-state index < -0.39 is 24.4 Å². The normalized spacial score (nSPS) is 34.2. The van der Waals surface area contributed by atoms with Crippen LogP contribution in [0.2, 0.25) is 0 Å². The third-order valence-electron chi connectivity index (χ3n) is 2.64. The van der Waals surface area contributed by atoms with Gasteiger partial charge in [0.25, 0.3) is 0 Å². The van der Waals surface area contributed by atoms with E-state index in [9.17, 15) is 15.0 Å². The van der Waals surface area contributed by atoms with Crippen LogP contribution in [0.15, 0.2) is 23.1 Å². The molecule has 0 spiro atoms. The van der Waals surface area contributed by atoms with E-state index in [-0.39, 0.29) is 12.0 Å². The molecule has 4 N–H and O–H groups in total. The maximum atomic E-state index is 11.1. The average Bonchev–Trinajstić information content (AvgIpc) is 2.56. The van der Waals surface area contributed by atoms with Crippen LogP contribution in [-0.4, -0.2) is 45.2 Å². The second-order valence-corrected chi connectivity index (χ2v) is 3.74. The van der Waals surface area contributed by atoms with Crippen molar-refractivity contribution in [2.45, 2.75) is 24.4 Å². The Balaban J connectivity index is 2.26. The fraction of sp³-hybridized carbons (Fsp3) is 0.500. The van der Waals surface area contributed by atoms with Crippen molar-refractivity contribution in [3.8, 4) is 0 Å². The molecule has 2 rings (SSSR count). The first-order chi connectivity index (χ1) is 7.63. The lowest BCUT2D eigenvalue weighted by Gasteiger charge is -2.14. The van der Waals surface area contributed by atoms with Crippen LogP contribution in [0.25, 0.3) is 0 Å². The van der Waals surface area contributed by atoms with Crippen molar-refractivity contribution in [2.75, 3.05) is 6.61 Å². The van der Waals surface area contributed by atoms with Gasteiger partial charge in [-0.2, -0.15) is 0 Å². The highest BCUT2D eigenvalue weighted by Gasteiger charge is 2.43. The van der Waals surface area contributed by atoms with Gasteiger partial charge < -0.3 is 25.0 Å². The Hall–Kier alpha value is -1.21. The van der Waals surface area contributed by atoms with Crippen molar-refractivity contribution in [1.82, 2.24) is 4.98 Å². The summed E-state index contributed by atoms with van der Waals surface area (Å²) >= 11 is 0. The third kappa shape index (κ3) is 1.88. The number of nitrogens with one attached hydrogen (secondary N) is 1. The van der Waals surface area contributed by atoms with Crippen molar-refractivity contribution in [1.29, 1.82) is 0 Å². The summed E-state index contributed by atoms with van der Waals surface area (Å²) in [5, 5.41) is 28.1. The average molecular weight is 227 g/mol. The summed E-state index contributed by atoms with van der Waals surface area (Å²) < 4.78 is 5.26. The van der Waals surface area contributed by atoms with Gasteiger partial charge in [-0.15, -0.1) is 0 Å². The summed E-state index contributed by atoms with van der Waals surface area (Å²) in [5.74, 6) is 0. The summed E-state index contributed by atoms with van der Waals surface area (Å²) in [4.78, 5) is 13.9. The lowest BCUT2D eigenvalue weighted by Crippen LogP contribution is -2.32. The standard InChI is InChI=1S/C10H13NO5/c12-4-7-8(14)9(15)10(16-7)6-3-5(13)1-2-11-6/h1-3,7-10,12,14-15H,4H2,(H,11,13)/t7-,8-,9-,10+/m1/s1. The number of aromatic amines is 1. The number of H-pyrrole nitrogens is 1. The molecule has 1 fully saturated rings. The first kappa shape index (κ1) is 11.3. The van der Waals surface area contributed by atoms with Crippen molar-refractivity contribution < 1.29 is 20.1 Å². The molecule has 0 amide bonds. The number of pyridine rings is 1. The van der Waals surface area contributed by atoms with E-state index in [4.69, 9.17) is 9.84 Å². The number of aliphatic hydroxyl groups is 3. The van der Waals surface area contributed by atoms with Gasteiger partial charge in [0.15, 0.2) is 5.43 Å². The molecule has 0 unspecified atom stereocenters. The van der Waals surface area contributed by atoms with Crippen LogP contribution in [0.5, 0.6) is 0 Å². The van der Waals surface area contributed by atoms with Crippen molar-refractivity contribution >= 4 is 0 Å². The molecule has 0 bridgehead atoms. The first-order valence-electron chi connectivity index (χ1n) is 4.94. The lowest BCUT2D eigenvalue weighted by molar-refractivity contribution is -0.0239. The fourth-order valence-electron chi connectivity index (χ4n) is 1.78. The maximum Gasteiger partial charge on any atom is 0.181 e. The number of aromatic nitrogens is 1. The predicted molar refractivity (Wildman–Crippen MR) is 53.8 cm³/mol. The van der Waals surface area contributed by atoms with E-state index in [0.29, 0.717) is 5.69 Å². The van der Waals surface area contributed by atoms with Crippen LogP contribution < -0.4 is 5.43 Å². The van der Waals surface area contributed by atoms with Gasteiger partial charge in [-0.25, -0.2) is 0 Å². The van der Waals surface area contributed by atoms with Gasteiger partial charge in [0, 0.05) is 18.3 Å². The number of aliphatic hydroxyl groups excluding tert-OH is 3. The van der Waals surface area contributed by atoms with Gasteiger partial charge in [-0.05, 0) is 0 Å². The van der Waals surface area contributed by atoms with E-state index in [1.54, 1.807) is 0 Å². The zero-order valence-electron chi connectivity index (χ0n) is 8.41. The largest absolute Gasteiger partial charge is 0.394 e. The van der Waals surface area contributed by atoms with E-state index in [1.807, 2.05) is 0 Å². The molecular weight excluding hydrogens is 214 g/mol. The van der Waals surface area contributed by atoms with Crippen molar-refractivity contribution in [3.63, 3.8) is 0 Å². The lowest BCUT2D eigenvalue weighted by atomic mass is 10.1. The van der Waals surface area contributed by atoms with Crippen molar-refractivity contribution in [3.05, 3.63) is 34.2 Å². The van der Waals surface area contributed by atoms with Gasteiger partial charge in [-0.3, -0.25) is 4.79 Å². The molecule has 1 aromatic heterocycles. The van der Waals surface area contributed by atoms with Crippen LogP contribution >= 0.6 is 0 Å². The number of ether oxygens (including phenoxy) is 1. The predicted octanol–water partition coefficient (Wildman–Crippen LogP) is -1.47. The molecule has 4 atom stereocenters. The zero-order valence-corrected chi connectivity index (χ0v) is 8.41. The Morgan fingerprint density at radius 1 is 1.38 bits per heavy atom. The zero-order chi connectivity index (χ0) is 11.7. The number of hydrogen-bond acceptors (Lipinski definition) is 5. The Morgan fingerprint density at radius 2 is 2.12 bits per heavy atom. The van der Waals surface area contributed by atoms with Crippen LogP contribution in [0.1, 0.15) is 11.8 Å². The molecule has 0 saturated carbocycles. The van der Waals surface area contributed by atoms with E-state index >= 15 is 0 Å². The van der Waals surface area contributed by atoms with E-state index in [1.165, 1.54) is 18.3 Å². The molecule has 88 valence electrons. The molecule has 1 aliphatic rings. The molecule has 6 nitrogen and oxygen atoms in total. The van der Waals surface area contributed by atoms with E-state index in [0.717, 1.165) is 0 Å². The minimum atomic E-state index is -1.16. The fourth-order valence-corrected chi connectivity index (χ4v) is 1.78. The van der Waals surface area contributed by atoms with Gasteiger partial charge in [0.1, 0.15) is 24.4 Å². The number of rotatable bonds is 2. The van der Waals surface area contributed by atoms with Crippen LogP contribution in [0, 0.1) is 0 Å². The smallest absolute Gasteiger partial charge is 0.181 e. The second kappa shape index (κ2) is 4.34. The minimum Gasteiger partial charge on any atom is -0.394 e. The summed E-state index contributed by atoms with van der Waals surface area (Å²) in [6, 6.07) is 2.63. The molecule has 1 aromatic rings. The van der Waals surface area contributed by atoms with Gasteiger partial charge in [0.2, 0.25) is 0 Å². The van der Waals surface area contributed by atoms with Gasteiger partial charge in [-0.1, -0.05) is 0 Å². The van der Waals surface area contributed by atoms with Crippen LogP contribution in [0.4, 0.5) is 0 Å². The summed E-state index contributed by atoms with van der Waals surface area (Å²) in [5.41, 5.74) is 0.168. The maximum absolute atomic E-state index is 11.1. The Morgan fingerprint density at radius 3 is 2.69 bits per heavy atom. The SMILES string of the molecule is O=c1cc[nH]c([C@@H]2O[C@H](CO)[C@@H](O)[C@H]2O)c1. The quantitative estimate of drug-likeness (QED) is 0.494. The second-order valence-electron chi connectivity index (χ2n) is 3.74. The van der Waals surface area contributed by atoms with Gasteiger partial charge in [0.05, 0.1) is 12.3 Å². The molecule has 2 heterocycles. The number of hydrogen-bond donors (Lipinski definition) is 4. The van der Waals surface area contributed by atoms with Gasteiger partial charge >= 0.3 is 0 Å². The Bertz CT molecular complexity index is 418. The van der Waals surface area contributed by atoms with Crippen molar-refractivity contribution in [2.24, 2.45) is 0 Å². The molecule has 16 heavy (non-hydrogen) atoms. The molecular formula is C10H13NO5. The highest BCUT2D eigenvalue weighted by Crippen LogP contribution is 2.31. The monoisotopic (exact) mass is 227 g/mol. The summed E-state index contributed by atoms with van der Waals surface area (Å²) in [6.07, 6.45) is -2.52. The minimum absolute atomic E-state index is 0.216. The van der Waals surface area contributed by atoms with Crippen LogP contribution in [-0.2, 0) is 4.74 Å². The molecule has 0 radical (unpaired) electrons. The Kier molecular flexibility index (Phi) is 3.06. The van der Waals surface area contributed by atoms with E-state index in [2.05, 4.69) is 4.98 Å². The molecule has 1 saturated heterocycles. The summed E-state index contributed by atoms with van der Waals surface area (Å²) in [7, 11) is 0. The Labute approximate surface area is 91.1 Å². The molecule has 1 aliphatic heterocycles. The summed E-state index contributed by atoms with van der Waals surface area (Å²) in [6.45, 7) is -0.383. The molecule has 0 aromatic carbocycles.